The van der Waals surface area contributed by atoms with E-state index in [4.69, 9.17) is 20.1 Å². The van der Waals surface area contributed by atoms with Gasteiger partial charge in [0, 0.05) is 4.57 Å². The van der Waals surface area contributed by atoms with Gasteiger partial charge in [0.25, 0.3) is 11.1 Å². The molecule has 0 saturated heterocycles. The average Bonchev–Trinajstić information content (AvgIpc) is 3.16. The van der Waals surface area contributed by atoms with Crippen molar-refractivity contribution in [1.29, 1.82) is 0 Å². The quantitative estimate of drug-likeness (QED) is 0.177. The Hall–Kier alpha value is -3.48. The molecule has 0 atom stereocenters. The van der Waals surface area contributed by atoms with E-state index in [2.05, 4.69) is 39.9 Å². The van der Waals surface area contributed by atoms with Gasteiger partial charge in [-0.15, -0.1) is 9.79 Å². The van der Waals surface area contributed by atoms with Crippen molar-refractivity contribution in [2.24, 2.45) is 0 Å². The first-order valence-electron chi connectivity index (χ1n) is 6.29. The van der Waals surface area contributed by atoms with Crippen molar-refractivity contribution < 1.29 is 14.4 Å². The number of hydrogen-bond acceptors (Lipinski definition) is 8. The molecule has 130 valence electrons. The molecule has 4 aromatic heterocycles. The number of rotatable bonds is 0. The van der Waals surface area contributed by atoms with Crippen LogP contribution in [-0.4, -0.2) is 49.7 Å². The minimum atomic E-state index is -2.87. The number of nitrogen functional groups attached to an aromatic ring is 1. The van der Waals surface area contributed by atoms with Crippen LogP contribution < -0.4 is 16.9 Å². The summed E-state index contributed by atoms with van der Waals surface area (Å²) in [7, 11) is -2.87. The Labute approximate surface area is 137 Å². The minimum absolute atomic E-state index is 0.0783. The highest BCUT2D eigenvalue weighted by atomic mass is 31.1. The van der Waals surface area contributed by atoms with Gasteiger partial charge in [0.2, 0.25) is 5.95 Å². The van der Waals surface area contributed by atoms with E-state index < -0.39 is 8.25 Å². The highest BCUT2D eigenvalue weighted by Gasteiger charge is 2.01. The molecule has 0 aliphatic carbocycles. The first kappa shape index (κ1) is 17.9. The lowest BCUT2D eigenvalue weighted by atomic mass is 10.5. The molecule has 0 radical (unpaired) electrons. The van der Waals surface area contributed by atoms with Gasteiger partial charge in [0.05, 0.1) is 19.0 Å². The summed E-state index contributed by atoms with van der Waals surface area (Å²) < 4.78 is 8.70. The smallest absolute Gasteiger partial charge is 0.369 e. The Bertz CT molecular complexity index is 1110. The average molecular weight is 368 g/mol. The molecule has 0 unspecified atom stereocenters. The summed E-state index contributed by atoms with van der Waals surface area (Å²) in [5, 5.41) is 0. The number of imidazole rings is 2. The summed E-state index contributed by atoms with van der Waals surface area (Å²) >= 11 is 0. The van der Waals surface area contributed by atoms with Crippen LogP contribution in [0.5, 0.6) is 0 Å². The summed E-state index contributed by atoms with van der Waals surface area (Å²) in [6, 6.07) is 0. The lowest BCUT2D eigenvalue weighted by molar-refractivity contribution is 0.405. The molecule has 14 nitrogen and oxygen atoms in total. The normalized spacial score (nSPS) is 9.84. The monoisotopic (exact) mass is 368 g/mol. The summed E-state index contributed by atoms with van der Waals surface area (Å²) in [4.78, 5) is 61.3. The third-order valence-corrected chi connectivity index (χ3v) is 2.54. The molecule has 4 heterocycles. The van der Waals surface area contributed by atoms with Gasteiger partial charge in [0.1, 0.15) is 0 Å². The number of nitrogens with zero attached hydrogens (tertiary/aromatic N) is 4. The Morgan fingerprint density at radius 1 is 0.880 bits per heavy atom. The van der Waals surface area contributed by atoms with E-state index in [9.17, 15) is 9.59 Å². The Balaban J connectivity index is 0.000000150. The van der Waals surface area contributed by atoms with Gasteiger partial charge in [-0.05, 0) is 0 Å². The van der Waals surface area contributed by atoms with Crippen LogP contribution in [0.3, 0.4) is 0 Å². The molecule has 0 spiro atoms. The van der Waals surface area contributed by atoms with Gasteiger partial charge in [-0.3, -0.25) is 14.6 Å². The van der Waals surface area contributed by atoms with Crippen molar-refractivity contribution in [2.75, 3.05) is 5.73 Å². The second-order valence-electron chi connectivity index (χ2n) is 4.14. The standard InChI is InChI=1S/C5H5N5O.C5H4N4O.HO3P/c6-5-9-3-2(4(11)10-5)7-1-8-3;10-5-3-4(7-1-6-3)8-2-9-5;1-4(2)3/h1H,(H4,6,7,8,9,10,11);1-2H,(H2,6,7,8,9,10);(H-,1,2,3)/p+1. The summed E-state index contributed by atoms with van der Waals surface area (Å²) in [6.07, 6.45) is 4.16. The molecule has 0 amide bonds. The predicted octanol–water partition coefficient (Wildman–Crippen LogP) is -1.50. The van der Waals surface area contributed by atoms with Crippen molar-refractivity contribution >= 4 is 36.5 Å². The number of hydrogen-bond donors (Lipinski definition) is 7. The maximum absolute atomic E-state index is 11.0. The molecule has 0 aromatic carbocycles. The molecule has 0 saturated carbocycles. The fraction of sp³-hybridized carbons (Fsp3) is 0. The summed E-state index contributed by atoms with van der Waals surface area (Å²) in [5.41, 5.74) is 6.32. The Morgan fingerprint density at radius 3 is 1.92 bits per heavy atom. The van der Waals surface area contributed by atoms with Crippen LogP contribution in [0.4, 0.5) is 5.95 Å². The van der Waals surface area contributed by atoms with E-state index in [1.54, 1.807) is 0 Å². The van der Waals surface area contributed by atoms with Crippen molar-refractivity contribution in [3.05, 3.63) is 39.7 Å². The molecule has 0 aliphatic rings. The van der Waals surface area contributed by atoms with E-state index in [1.165, 1.54) is 19.0 Å². The second kappa shape index (κ2) is 7.87. The van der Waals surface area contributed by atoms with Crippen LogP contribution in [0.1, 0.15) is 0 Å². The number of H-pyrrole nitrogens is 4. The highest BCUT2D eigenvalue weighted by molar-refractivity contribution is 7.30. The third kappa shape index (κ3) is 4.74. The van der Waals surface area contributed by atoms with Crippen LogP contribution in [0, 0.1) is 0 Å². The number of nitrogens with one attached hydrogen (secondary N) is 4. The predicted molar refractivity (Wildman–Crippen MR) is 85.5 cm³/mol. The van der Waals surface area contributed by atoms with Gasteiger partial charge in [-0.2, -0.15) is 4.98 Å². The summed E-state index contributed by atoms with van der Waals surface area (Å²) in [6.45, 7) is 0. The molecule has 15 heteroatoms. The molecule has 4 rings (SSSR count). The van der Waals surface area contributed by atoms with E-state index in [0.29, 0.717) is 22.3 Å². The molecule has 8 N–H and O–H groups in total. The molecule has 0 aliphatic heterocycles. The zero-order valence-electron chi connectivity index (χ0n) is 12.2. The number of anilines is 1. The fourth-order valence-electron chi connectivity index (χ4n) is 1.64. The molecule has 0 bridgehead atoms. The van der Waals surface area contributed by atoms with Crippen molar-refractivity contribution in [2.45, 2.75) is 0 Å². The zero-order valence-corrected chi connectivity index (χ0v) is 13.1. The molecule has 25 heavy (non-hydrogen) atoms. The Kier molecular flexibility index (Phi) is 5.62. The lowest BCUT2D eigenvalue weighted by Crippen LogP contribution is -2.10. The van der Waals surface area contributed by atoms with Crippen LogP contribution in [0.2, 0.25) is 0 Å². The van der Waals surface area contributed by atoms with Gasteiger partial charge in [-0.25, -0.2) is 15.0 Å². The van der Waals surface area contributed by atoms with Crippen LogP contribution in [0.15, 0.2) is 28.6 Å². The minimum Gasteiger partial charge on any atom is -0.369 e. The van der Waals surface area contributed by atoms with Gasteiger partial charge < -0.3 is 20.7 Å². The van der Waals surface area contributed by atoms with Crippen LogP contribution in [0.25, 0.3) is 22.3 Å². The van der Waals surface area contributed by atoms with Gasteiger partial charge >= 0.3 is 8.25 Å². The van der Waals surface area contributed by atoms with E-state index >= 15 is 0 Å². The van der Waals surface area contributed by atoms with Crippen molar-refractivity contribution in [3.8, 4) is 0 Å². The van der Waals surface area contributed by atoms with E-state index in [0.717, 1.165) is 0 Å². The lowest BCUT2D eigenvalue weighted by Gasteiger charge is -1.89. The fourth-order valence-corrected chi connectivity index (χ4v) is 1.64. The maximum atomic E-state index is 11.0. The SMILES string of the molecule is Nc1nc2nc[nH]c2c(=O)[nH]1.O=[P+](O)O.O=c1[nH]cnc2nc[nH]c12. The Morgan fingerprint density at radius 2 is 1.36 bits per heavy atom. The molecular formula is C10H11N9O5P+. The van der Waals surface area contributed by atoms with Crippen molar-refractivity contribution in [1.82, 2.24) is 39.9 Å². The van der Waals surface area contributed by atoms with E-state index in [1.807, 2.05) is 0 Å². The van der Waals surface area contributed by atoms with Gasteiger partial charge in [-0.1, -0.05) is 0 Å². The molecule has 4 aromatic rings. The van der Waals surface area contributed by atoms with Crippen LogP contribution in [-0.2, 0) is 4.57 Å². The number of fused-ring (bicyclic) bond motifs is 2. The molecule has 0 fully saturated rings. The maximum Gasteiger partial charge on any atom is 0.692 e. The van der Waals surface area contributed by atoms with E-state index in [-0.39, 0.29) is 17.1 Å². The highest BCUT2D eigenvalue weighted by Crippen LogP contribution is 1.99. The van der Waals surface area contributed by atoms with Crippen LogP contribution >= 0.6 is 8.25 Å². The number of nitrogens with two attached hydrogens (primary N) is 1. The summed E-state index contributed by atoms with van der Waals surface area (Å²) in [5.74, 6) is 0.0783. The third-order valence-electron chi connectivity index (χ3n) is 2.54. The van der Waals surface area contributed by atoms with Gasteiger partial charge in [0.15, 0.2) is 22.3 Å². The second-order valence-corrected chi connectivity index (χ2v) is 4.64. The largest absolute Gasteiger partial charge is 0.692 e. The number of aromatic nitrogens is 8. The van der Waals surface area contributed by atoms with Crippen molar-refractivity contribution in [3.63, 3.8) is 0 Å². The molecular weight excluding hydrogens is 357 g/mol. The zero-order chi connectivity index (χ0) is 18.4. The first-order valence-corrected chi connectivity index (χ1v) is 7.45. The topological polar surface area (TPSA) is 232 Å². The number of aromatic amines is 4. The first-order chi connectivity index (χ1) is 11.9.